The minimum atomic E-state index is 0.0719. The summed E-state index contributed by atoms with van der Waals surface area (Å²) in [5.41, 5.74) is 2.36. The van der Waals surface area contributed by atoms with Crippen LogP contribution in [0.25, 0.3) is 11.2 Å². The molecular formula is C10H12IN5O. The molecule has 0 aliphatic heterocycles. The number of nitrogens with one attached hydrogen (secondary N) is 2. The van der Waals surface area contributed by atoms with Crippen molar-refractivity contribution in [1.82, 2.24) is 19.9 Å². The molecule has 0 fully saturated rings. The molecule has 2 aromatic rings. The maximum atomic E-state index is 8.88. The summed E-state index contributed by atoms with van der Waals surface area (Å²) >= 11 is 2.05. The van der Waals surface area contributed by atoms with Crippen LogP contribution in [-0.2, 0) is 0 Å². The Kier molecular flexibility index (Phi) is 3.89. The Morgan fingerprint density at radius 3 is 3.18 bits per heavy atom. The largest absolute Gasteiger partial charge is 0.392 e. The molecule has 17 heavy (non-hydrogen) atoms. The Bertz CT molecular complexity index is 551. The molecule has 3 N–H and O–H groups in total. The second kappa shape index (κ2) is 5.41. The second-order valence-corrected chi connectivity index (χ2v) is 4.50. The second-order valence-electron chi connectivity index (χ2n) is 3.53. The number of aliphatic hydroxyl groups is 1. The molecule has 2 aromatic heterocycles. The van der Waals surface area contributed by atoms with Crippen LogP contribution < -0.4 is 5.32 Å². The maximum absolute atomic E-state index is 8.88. The molecule has 2 heterocycles. The van der Waals surface area contributed by atoms with Gasteiger partial charge in [0.05, 0.1) is 12.9 Å². The highest BCUT2D eigenvalue weighted by Crippen LogP contribution is 2.16. The van der Waals surface area contributed by atoms with E-state index in [0.717, 1.165) is 16.9 Å². The van der Waals surface area contributed by atoms with Gasteiger partial charge in [-0.05, 0) is 6.92 Å². The fraction of sp³-hybridized carbons (Fsp3) is 0.300. The van der Waals surface area contributed by atoms with E-state index in [2.05, 4.69) is 47.8 Å². The van der Waals surface area contributed by atoms with E-state index in [1.165, 1.54) is 0 Å². The average molecular weight is 345 g/mol. The number of hydrogen-bond donors (Lipinski definition) is 3. The lowest BCUT2D eigenvalue weighted by Gasteiger charge is -2.04. The van der Waals surface area contributed by atoms with Crippen LogP contribution in [0.5, 0.6) is 0 Å². The van der Waals surface area contributed by atoms with E-state index in [4.69, 9.17) is 5.11 Å². The number of anilines is 1. The zero-order valence-corrected chi connectivity index (χ0v) is 11.4. The van der Waals surface area contributed by atoms with Gasteiger partial charge in [-0.15, -0.1) is 0 Å². The van der Waals surface area contributed by atoms with Gasteiger partial charge in [-0.2, -0.15) is 0 Å². The van der Waals surface area contributed by atoms with E-state index in [1.807, 2.05) is 13.0 Å². The monoisotopic (exact) mass is 345 g/mol. The van der Waals surface area contributed by atoms with Crippen molar-refractivity contribution in [2.45, 2.75) is 6.92 Å². The molecule has 0 bridgehead atoms. The molecular weight excluding hydrogens is 333 g/mol. The number of rotatable bonds is 4. The van der Waals surface area contributed by atoms with Crippen LogP contribution in [0.4, 0.5) is 5.82 Å². The van der Waals surface area contributed by atoms with Crippen molar-refractivity contribution in [2.75, 3.05) is 18.5 Å². The van der Waals surface area contributed by atoms with E-state index in [-0.39, 0.29) is 6.61 Å². The van der Waals surface area contributed by atoms with E-state index in [0.29, 0.717) is 16.0 Å². The first-order valence-electron chi connectivity index (χ1n) is 5.07. The SMILES string of the molecule is CC(=CCNc1nc(I)nc2nc[nH]c12)CO. The summed E-state index contributed by atoms with van der Waals surface area (Å²) in [7, 11) is 0. The van der Waals surface area contributed by atoms with Crippen LogP contribution in [-0.4, -0.2) is 38.2 Å². The van der Waals surface area contributed by atoms with Gasteiger partial charge in [0.15, 0.2) is 15.3 Å². The third kappa shape index (κ3) is 2.91. The van der Waals surface area contributed by atoms with Crippen LogP contribution in [0.2, 0.25) is 0 Å². The summed E-state index contributed by atoms with van der Waals surface area (Å²) in [6.45, 7) is 2.55. The fourth-order valence-electron chi connectivity index (χ4n) is 1.32. The number of fused-ring (bicyclic) bond motifs is 1. The Morgan fingerprint density at radius 1 is 1.59 bits per heavy atom. The lowest BCUT2D eigenvalue weighted by Crippen LogP contribution is -2.04. The van der Waals surface area contributed by atoms with E-state index >= 15 is 0 Å². The lowest BCUT2D eigenvalue weighted by molar-refractivity contribution is 0.331. The van der Waals surface area contributed by atoms with Crippen LogP contribution in [0.1, 0.15) is 6.92 Å². The number of halogens is 1. The molecule has 0 amide bonds. The van der Waals surface area contributed by atoms with Gasteiger partial charge in [0, 0.05) is 29.1 Å². The van der Waals surface area contributed by atoms with Crippen molar-refractivity contribution >= 4 is 39.6 Å². The van der Waals surface area contributed by atoms with E-state index in [1.54, 1.807) is 6.33 Å². The van der Waals surface area contributed by atoms with Gasteiger partial charge in [-0.3, -0.25) is 0 Å². The number of nitrogens with zero attached hydrogens (tertiary/aromatic N) is 3. The number of H-pyrrole nitrogens is 1. The number of hydrogen-bond acceptors (Lipinski definition) is 5. The van der Waals surface area contributed by atoms with Crippen LogP contribution >= 0.6 is 22.6 Å². The van der Waals surface area contributed by atoms with Gasteiger partial charge in [-0.1, -0.05) is 11.6 Å². The maximum Gasteiger partial charge on any atom is 0.194 e. The highest BCUT2D eigenvalue weighted by Gasteiger charge is 2.07. The first kappa shape index (κ1) is 12.2. The van der Waals surface area contributed by atoms with Gasteiger partial charge in [-0.25, -0.2) is 15.0 Å². The fourth-order valence-corrected chi connectivity index (χ4v) is 1.79. The summed E-state index contributed by atoms with van der Waals surface area (Å²) < 4.78 is 0.646. The molecule has 7 heteroatoms. The Labute approximate surface area is 112 Å². The predicted molar refractivity (Wildman–Crippen MR) is 73.7 cm³/mol. The number of aromatic amines is 1. The molecule has 2 rings (SSSR count). The summed E-state index contributed by atoms with van der Waals surface area (Å²) in [4.78, 5) is 15.6. The van der Waals surface area contributed by atoms with Crippen molar-refractivity contribution in [1.29, 1.82) is 0 Å². The molecule has 0 saturated carbocycles. The van der Waals surface area contributed by atoms with E-state index in [9.17, 15) is 0 Å². The molecule has 90 valence electrons. The minimum absolute atomic E-state index is 0.0719. The van der Waals surface area contributed by atoms with Crippen molar-refractivity contribution in [3.05, 3.63) is 21.8 Å². The van der Waals surface area contributed by atoms with E-state index < -0.39 is 0 Å². The highest BCUT2D eigenvalue weighted by atomic mass is 127. The molecule has 0 spiro atoms. The molecule has 0 aliphatic carbocycles. The normalized spacial score (nSPS) is 12.1. The quantitative estimate of drug-likeness (QED) is 0.442. The van der Waals surface area contributed by atoms with Crippen molar-refractivity contribution in [3.8, 4) is 0 Å². The number of aliphatic hydroxyl groups excluding tert-OH is 1. The molecule has 6 nitrogen and oxygen atoms in total. The van der Waals surface area contributed by atoms with Crippen LogP contribution in [0.15, 0.2) is 18.0 Å². The number of aromatic nitrogens is 4. The van der Waals surface area contributed by atoms with Crippen molar-refractivity contribution in [3.63, 3.8) is 0 Å². The third-order valence-corrected chi connectivity index (χ3v) is 2.71. The summed E-state index contributed by atoms with van der Waals surface area (Å²) in [5, 5.41) is 12.0. The van der Waals surface area contributed by atoms with Crippen molar-refractivity contribution in [2.24, 2.45) is 0 Å². The predicted octanol–water partition coefficient (Wildman–Crippen LogP) is 1.31. The Morgan fingerprint density at radius 2 is 2.41 bits per heavy atom. The topological polar surface area (TPSA) is 86.7 Å². The zero-order chi connectivity index (χ0) is 12.3. The van der Waals surface area contributed by atoms with Crippen LogP contribution in [0.3, 0.4) is 0 Å². The van der Waals surface area contributed by atoms with Gasteiger partial charge in [0.25, 0.3) is 0 Å². The summed E-state index contributed by atoms with van der Waals surface area (Å²) in [6.07, 6.45) is 3.51. The lowest BCUT2D eigenvalue weighted by atomic mass is 10.3. The van der Waals surface area contributed by atoms with Gasteiger partial charge >= 0.3 is 0 Å². The molecule has 0 unspecified atom stereocenters. The first-order valence-corrected chi connectivity index (χ1v) is 6.15. The molecule has 0 radical (unpaired) electrons. The van der Waals surface area contributed by atoms with Crippen LogP contribution in [0, 0.1) is 3.83 Å². The average Bonchev–Trinajstić information content (AvgIpc) is 2.76. The van der Waals surface area contributed by atoms with Gasteiger partial charge < -0.3 is 15.4 Å². The smallest absolute Gasteiger partial charge is 0.194 e. The third-order valence-electron chi connectivity index (χ3n) is 2.23. The number of imidazole rings is 1. The standard InChI is InChI=1S/C10H12IN5O/c1-6(4-17)2-3-12-8-7-9(14-5-13-7)16-10(11)15-8/h2,5,17H,3-4H2,1H3,(H2,12,13,14,15,16). The molecule has 0 aliphatic rings. The molecule has 0 aromatic carbocycles. The molecule has 0 saturated heterocycles. The highest BCUT2D eigenvalue weighted by molar-refractivity contribution is 14.1. The van der Waals surface area contributed by atoms with Gasteiger partial charge in [0.1, 0.15) is 5.52 Å². The minimum Gasteiger partial charge on any atom is -0.392 e. The van der Waals surface area contributed by atoms with Crippen molar-refractivity contribution < 1.29 is 5.11 Å². The Balaban J connectivity index is 2.20. The van der Waals surface area contributed by atoms with Gasteiger partial charge in [0.2, 0.25) is 0 Å². The first-order chi connectivity index (χ1) is 8.20. The molecule has 0 atom stereocenters. The summed E-state index contributed by atoms with van der Waals surface area (Å²) in [6, 6.07) is 0. The zero-order valence-electron chi connectivity index (χ0n) is 9.24. The Hall–Kier alpha value is -1.22. The summed E-state index contributed by atoms with van der Waals surface area (Å²) in [5.74, 6) is 0.721.